The van der Waals surface area contributed by atoms with Gasteiger partial charge in [-0.05, 0) is 45.4 Å². The van der Waals surface area contributed by atoms with Crippen LogP contribution in [0.1, 0.15) is 37.6 Å². The maximum Gasteiger partial charge on any atom is 0.251 e. The van der Waals surface area contributed by atoms with E-state index in [-0.39, 0.29) is 28.2 Å². The maximum atomic E-state index is 12.5. The first-order valence-corrected chi connectivity index (χ1v) is 9.36. The predicted molar refractivity (Wildman–Crippen MR) is 91.9 cm³/mol. The quantitative estimate of drug-likeness (QED) is 0.619. The van der Waals surface area contributed by atoms with E-state index in [0.29, 0.717) is 26.2 Å². The molecular weight excluding hydrogens is 332 g/mol. The minimum absolute atomic E-state index is 0.0393. The van der Waals surface area contributed by atoms with Crippen molar-refractivity contribution >= 4 is 15.9 Å². The molecule has 8 heteroatoms. The number of ether oxygens (including phenoxy) is 2. The number of rotatable bonds is 10. The molecule has 2 N–H and O–H groups in total. The van der Waals surface area contributed by atoms with E-state index in [2.05, 4.69) is 10.0 Å². The van der Waals surface area contributed by atoms with E-state index in [4.69, 9.17) is 9.47 Å². The van der Waals surface area contributed by atoms with Gasteiger partial charge in [-0.3, -0.25) is 4.79 Å². The highest BCUT2D eigenvalue weighted by atomic mass is 32.2. The van der Waals surface area contributed by atoms with Gasteiger partial charge >= 0.3 is 0 Å². The molecule has 24 heavy (non-hydrogen) atoms. The van der Waals surface area contributed by atoms with Gasteiger partial charge < -0.3 is 14.8 Å². The van der Waals surface area contributed by atoms with Crippen LogP contribution in [0.4, 0.5) is 0 Å². The molecule has 0 atom stereocenters. The lowest BCUT2D eigenvalue weighted by Gasteiger charge is -2.15. The molecule has 0 fully saturated rings. The van der Waals surface area contributed by atoms with E-state index < -0.39 is 10.0 Å². The minimum Gasteiger partial charge on any atom is -0.492 e. The van der Waals surface area contributed by atoms with Crippen LogP contribution in [-0.4, -0.2) is 47.2 Å². The molecule has 1 aromatic rings. The number of sulfonamides is 1. The zero-order valence-corrected chi connectivity index (χ0v) is 15.4. The predicted octanol–water partition coefficient (Wildman–Crippen LogP) is 1.54. The van der Waals surface area contributed by atoms with Gasteiger partial charge in [0.1, 0.15) is 10.6 Å². The average Bonchev–Trinajstić information content (AvgIpc) is 2.50. The van der Waals surface area contributed by atoms with E-state index in [1.807, 2.05) is 0 Å². The maximum absolute atomic E-state index is 12.5. The molecule has 1 amide bonds. The number of benzene rings is 1. The third-order valence-corrected chi connectivity index (χ3v) is 4.68. The van der Waals surface area contributed by atoms with Crippen molar-refractivity contribution in [1.29, 1.82) is 0 Å². The van der Waals surface area contributed by atoms with Gasteiger partial charge in [-0.1, -0.05) is 0 Å². The summed E-state index contributed by atoms with van der Waals surface area (Å²) in [5.41, 5.74) is 0.264. The Morgan fingerprint density at radius 3 is 2.58 bits per heavy atom. The standard InChI is InChI=1S/C16H26N2O5S/c1-5-23-14-8-7-13(16(19)17-9-6-10-22-4)11-15(14)24(20,21)18-12(2)3/h7-8,11-12,18H,5-6,9-10H2,1-4H3,(H,17,19). The average molecular weight is 358 g/mol. The number of carbonyl (C=O) groups excluding carboxylic acids is 1. The van der Waals surface area contributed by atoms with Crippen LogP contribution in [0.25, 0.3) is 0 Å². The van der Waals surface area contributed by atoms with Gasteiger partial charge in [0.05, 0.1) is 6.61 Å². The van der Waals surface area contributed by atoms with Crippen molar-refractivity contribution < 1.29 is 22.7 Å². The Kier molecular flexibility index (Phi) is 8.17. The van der Waals surface area contributed by atoms with E-state index >= 15 is 0 Å². The van der Waals surface area contributed by atoms with Crippen LogP contribution in [0.2, 0.25) is 0 Å². The lowest BCUT2D eigenvalue weighted by atomic mass is 10.2. The van der Waals surface area contributed by atoms with Crippen LogP contribution >= 0.6 is 0 Å². The fourth-order valence-corrected chi connectivity index (χ4v) is 3.45. The molecule has 0 aliphatic carbocycles. The molecule has 0 radical (unpaired) electrons. The lowest BCUT2D eigenvalue weighted by molar-refractivity contribution is 0.0948. The normalized spacial score (nSPS) is 11.5. The highest BCUT2D eigenvalue weighted by molar-refractivity contribution is 7.89. The fraction of sp³-hybridized carbons (Fsp3) is 0.562. The fourth-order valence-electron chi connectivity index (χ4n) is 2.03. The Balaban J connectivity index is 3.05. The molecule has 0 aromatic heterocycles. The molecule has 0 unspecified atom stereocenters. The van der Waals surface area contributed by atoms with E-state index in [1.165, 1.54) is 12.1 Å². The number of carbonyl (C=O) groups is 1. The van der Waals surface area contributed by atoms with Crippen molar-refractivity contribution in [2.45, 2.75) is 38.1 Å². The second kappa shape index (κ2) is 9.61. The summed E-state index contributed by atoms with van der Waals surface area (Å²) in [6.07, 6.45) is 0.680. The molecule has 0 heterocycles. The van der Waals surface area contributed by atoms with Crippen molar-refractivity contribution in [1.82, 2.24) is 10.0 Å². The Bertz CT molecular complexity index is 644. The molecule has 0 saturated carbocycles. The lowest BCUT2D eigenvalue weighted by Crippen LogP contribution is -2.31. The smallest absolute Gasteiger partial charge is 0.251 e. The van der Waals surface area contributed by atoms with Gasteiger partial charge in [-0.15, -0.1) is 0 Å². The Labute approximate surface area is 143 Å². The number of hydrogen-bond donors (Lipinski definition) is 2. The summed E-state index contributed by atoms with van der Waals surface area (Å²) in [7, 11) is -2.18. The monoisotopic (exact) mass is 358 g/mol. The third-order valence-electron chi connectivity index (χ3n) is 3.00. The van der Waals surface area contributed by atoms with Crippen LogP contribution in [0.3, 0.4) is 0 Å². The zero-order chi connectivity index (χ0) is 18.2. The molecule has 136 valence electrons. The Hall–Kier alpha value is -1.64. The summed E-state index contributed by atoms with van der Waals surface area (Å²) < 4.78 is 37.8. The van der Waals surface area contributed by atoms with Crippen LogP contribution in [-0.2, 0) is 14.8 Å². The second-order valence-corrected chi connectivity index (χ2v) is 7.16. The van der Waals surface area contributed by atoms with Gasteiger partial charge in [-0.2, -0.15) is 0 Å². The highest BCUT2D eigenvalue weighted by Gasteiger charge is 2.22. The van der Waals surface area contributed by atoms with Gasteiger partial charge in [0.2, 0.25) is 10.0 Å². The summed E-state index contributed by atoms with van der Waals surface area (Å²) >= 11 is 0. The number of hydrogen-bond acceptors (Lipinski definition) is 5. The van der Waals surface area contributed by atoms with E-state index in [9.17, 15) is 13.2 Å². The summed E-state index contributed by atoms with van der Waals surface area (Å²) in [4.78, 5) is 12.1. The molecule has 0 aliphatic heterocycles. The van der Waals surface area contributed by atoms with Crippen molar-refractivity contribution in [3.05, 3.63) is 23.8 Å². The topological polar surface area (TPSA) is 93.7 Å². The molecule has 1 rings (SSSR count). The van der Waals surface area contributed by atoms with Gasteiger partial charge in [0.25, 0.3) is 5.91 Å². The molecule has 0 spiro atoms. The van der Waals surface area contributed by atoms with Crippen LogP contribution in [0.5, 0.6) is 5.75 Å². The largest absolute Gasteiger partial charge is 0.492 e. The highest BCUT2D eigenvalue weighted by Crippen LogP contribution is 2.25. The Morgan fingerprint density at radius 2 is 2.00 bits per heavy atom. The third kappa shape index (κ3) is 6.10. The number of amides is 1. The number of methoxy groups -OCH3 is 1. The van der Waals surface area contributed by atoms with Crippen molar-refractivity contribution in [3.8, 4) is 5.75 Å². The van der Waals surface area contributed by atoms with Crippen LogP contribution < -0.4 is 14.8 Å². The van der Waals surface area contributed by atoms with E-state index in [1.54, 1.807) is 33.9 Å². The number of nitrogens with one attached hydrogen (secondary N) is 2. The van der Waals surface area contributed by atoms with Crippen LogP contribution in [0, 0.1) is 0 Å². The van der Waals surface area contributed by atoms with Gasteiger partial charge in [-0.25, -0.2) is 13.1 Å². The molecular formula is C16H26N2O5S. The van der Waals surface area contributed by atoms with E-state index in [0.717, 1.165) is 0 Å². The summed E-state index contributed by atoms with van der Waals surface area (Å²) in [5.74, 6) is -0.114. The van der Waals surface area contributed by atoms with Crippen molar-refractivity contribution in [2.75, 3.05) is 26.9 Å². The first-order valence-electron chi connectivity index (χ1n) is 7.88. The second-order valence-electron chi connectivity index (χ2n) is 5.47. The molecule has 0 aliphatic rings. The van der Waals surface area contributed by atoms with Gasteiger partial charge in [0.15, 0.2) is 0 Å². The zero-order valence-electron chi connectivity index (χ0n) is 14.6. The first-order chi connectivity index (χ1) is 11.3. The first kappa shape index (κ1) is 20.4. The summed E-state index contributed by atoms with van der Waals surface area (Å²) in [5, 5.41) is 2.73. The summed E-state index contributed by atoms with van der Waals surface area (Å²) in [6.45, 7) is 6.54. The molecule has 0 bridgehead atoms. The molecule has 7 nitrogen and oxygen atoms in total. The van der Waals surface area contributed by atoms with Crippen molar-refractivity contribution in [2.24, 2.45) is 0 Å². The molecule has 0 saturated heterocycles. The molecule has 1 aromatic carbocycles. The SMILES string of the molecule is CCOc1ccc(C(=O)NCCCOC)cc1S(=O)(=O)NC(C)C. The summed E-state index contributed by atoms with van der Waals surface area (Å²) in [6, 6.07) is 4.12. The van der Waals surface area contributed by atoms with Crippen LogP contribution in [0.15, 0.2) is 23.1 Å². The Morgan fingerprint density at radius 1 is 1.29 bits per heavy atom. The van der Waals surface area contributed by atoms with Gasteiger partial charge in [0, 0.05) is 31.9 Å². The van der Waals surface area contributed by atoms with Crippen molar-refractivity contribution in [3.63, 3.8) is 0 Å². The minimum atomic E-state index is -3.77.